The molecule has 70 valence electrons. The van der Waals surface area contributed by atoms with Crippen LogP contribution in [0, 0.1) is 17.0 Å². The highest BCUT2D eigenvalue weighted by Gasteiger charge is 2.16. The SMILES string of the molecule is Cc1ccc(N(C)C)c([N+](=O)[O-])n1. The van der Waals surface area contributed by atoms with Crippen molar-refractivity contribution in [3.63, 3.8) is 0 Å². The minimum absolute atomic E-state index is 0.0926. The molecule has 1 rings (SSSR count). The largest absolute Gasteiger partial charge is 0.387 e. The van der Waals surface area contributed by atoms with Gasteiger partial charge in [-0.2, -0.15) is 0 Å². The monoisotopic (exact) mass is 181 g/mol. The van der Waals surface area contributed by atoms with Crippen LogP contribution in [0.3, 0.4) is 0 Å². The van der Waals surface area contributed by atoms with E-state index in [2.05, 4.69) is 4.98 Å². The summed E-state index contributed by atoms with van der Waals surface area (Å²) in [5.41, 5.74) is 1.17. The normalized spacial score (nSPS) is 9.77. The summed E-state index contributed by atoms with van der Waals surface area (Å²) in [6, 6.07) is 3.45. The fourth-order valence-electron chi connectivity index (χ4n) is 1.02. The molecule has 0 saturated carbocycles. The lowest BCUT2D eigenvalue weighted by Crippen LogP contribution is -2.12. The molecule has 1 aromatic heterocycles. The summed E-state index contributed by atoms with van der Waals surface area (Å²) in [6.07, 6.45) is 0. The summed E-state index contributed by atoms with van der Waals surface area (Å²) in [4.78, 5) is 15.6. The van der Waals surface area contributed by atoms with Gasteiger partial charge in [-0.05, 0) is 22.0 Å². The quantitative estimate of drug-likeness (QED) is 0.510. The number of nitro groups is 1. The molecule has 0 aromatic carbocycles. The molecule has 0 amide bonds. The van der Waals surface area contributed by atoms with E-state index < -0.39 is 4.92 Å². The van der Waals surface area contributed by atoms with Gasteiger partial charge in [-0.25, -0.2) is 0 Å². The van der Waals surface area contributed by atoms with Gasteiger partial charge in [0, 0.05) is 21.0 Å². The van der Waals surface area contributed by atoms with E-state index in [1.807, 2.05) is 0 Å². The first-order chi connectivity index (χ1) is 6.02. The number of hydrogen-bond acceptors (Lipinski definition) is 4. The summed E-state index contributed by atoms with van der Waals surface area (Å²) in [5.74, 6) is -0.0926. The second-order valence-corrected chi connectivity index (χ2v) is 2.95. The molecule has 0 saturated heterocycles. The van der Waals surface area contributed by atoms with Gasteiger partial charge in [-0.3, -0.25) is 0 Å². The van der Waals surface area contributed by atoms with Crippen LogP contribution in [0.1, 0.15) is 5.69 Å². The smallest absolute Gasteiger partial charge is 0.371 e. The second-order valence-electron chi connectivity index (χ2n) is 2.95. The Morgan fingerprint density at radius 3 is 2.54 bits per heavy atom. The average molecular weight is 181 g/mol. The molecule has 13 heavy (non-hydrogen) atoms. The third-order valence-corrected chi connectivity index (χ3v) is 1.65. The number of hydrogen-bond donors (Lipinski definition) is 0. The average Bonchev–Trinajstić information content (AvgIpc) is 2.03. The Bertz CT molecular complexity index is 336. The summed E-state index contributed by atoms with van der Waals surface area (Å²) in [6.45, 7) is 1.73. The minimum Gasteiger partial charge on any atom is -0.371 e. The van der Waals surface area contributed by atoms with Crippen molar-refractivity contribution in [1.82, 2.24) is 4.98 Å². The van der Waals surface area contributed by atoms with Gasteiger partial charge in [0.05, 0.1) is 0 Å². The zero-order chi connectivity index (χ0) is 10.0. The molecule has 5 heteroatoms. The number of nitrogens with zero attached hydrogens (tertiary/aromatic N) is 3. The molecule has 1 aromatic rings. The Morgan fingerprint density at radius 2 is 2.08 bits per heavy atom. The van der Waals surface area contributed by atoms with E-state index in [9.17, 15) is 10.1 Å². The topological polar surface area (TPSA) is 59.3 Å². The molecule has 0 atom stereocenters. The lowest BCUT2D eigenvalue weighted by Gasteiger charge is -2.11. The molecule has 0 N–H and O–H groups in total. The number of pyridine rings is 1. The van der Waals surface area contributed by atoms with E-state index in [0.29, 0.717) is 11.4 Å². The van der Waals surface area contributed by atoms with Gasteiger partial charge in [0.25, 0.3) is 0 Å². The van der Waals surface area contributed by atoms with Crippen LogP contribution in [0.5, 0.6) is 0 Å². The number of anilines is 1. The van der Waals surface area contributed by atoms with E-state index in [0.717, 1.165) is 0 Å². The zero-order valence-electron chi connectivity index (χ0n) is 7.81. The Hall–Kier alpha value is -1.65. The highest BCUT2D eigenvalue weighted by atomic mass is 16.6. The van der Waals surface area contributed by atoms with Crippen LogP contribution in [0.2, 0.25) is 0 Å². The van der Waals surface area contributed by atoms with Crippen LogP contribution in [0.4, 0.5) is 11.5 Å². The summed E-state index contributed by atoms with van der Waals surface area (Å²) in [5, 5.41) is 10.6. The van der Waals surface area contributed by atoms with Crippen molar-refractivity contribution in [2.45, 2.75) is 6.92 Å². The molecule has 5 nitrogen and oxygen atoms in total. The van der Waals surface area contributed by atoms with Crippen molar-refractivity contribution in [1.29, 1.82) is 0 Å². The Labute approximate surface area is 76.2 Å². The molecule has 0 aliphatic carbocycles. The van der Waals surface area contributed by atoms with E-state index in [1.165, 1.54) is 0 Å². The maximum atomic E-state index is 10.6. The van der Waals surface area contributed by atoms with Crippen LogP contribution in [0.15, 0.2) is 12.1 Å². The Kier molecular flexibility index (Phi) is 2.46. The van der Waals surface area contributed by atoms with Crippen molar-refractivity contribution in [2.75, 3.05) is 19.0 Å². The van der Waals surface area contributed by atoms with Gasteiger partial charge in [0.1, 0.15) is 11.4 Å². The maximum Gasteiger partial charge on any atom is 0.387 e. The van der Waals surface area contributed by atoms with Crippen LogP contribution < -0.4 is 4.90 Å². The molecule has 0 unspecified atom stereocenters. The van der Waals surface area contributed by atoms with Crippen molar-refractivity contribution in [2.24, 2.45) is 0 Å². The predicted molar refractivity (Wildman–Crippen MR) is 50.0 cm³/mol. The first-order valence-electron chi connectivity index (χ1n) is 3.81. The standard InChI is InChI=1S/C8H11N3O2/c1-6-4-5-7(10(2)3)8(9-6)11(12)13/h4-5H,1-3H3. The third kappa shape index (κ3) is 1.93. The van der Waals surface area contributed by atoms with Gasteiger partial charge in [-0.15, -0.1) is 0 Å². The second kappa shape index (κ2) is 3.38. The molecular formula is C8H11N3O2. The summed E-state index contributed by atoms with van der Waals surface area (Å²) < 4.78 is 0. The van der Waals surface area contributed by atoms with Gasteiger partial charge in [0.2, 0.25) is 0 Å². The molecule has 0 fully saturated rings. The Morgan fingerprint density at radius 1 is 1.46 bits per heavy atom. The first kappa shape index (κ1) is 9.44. The number of aryl methyl sites for hydroxylation is 1. The molecule has 0 radical (unpaired) electrons. The molecule has 0 aliphatic heterocycles. The fraction of sp³-hybridized carbons (Fsp3) is 0.375. The van der Waals surface area contributed by atoms with E-state index in [4.69, 9.17) is 0 Å². The lowest BCUT2D eigenvalue weighted by molar-refractivity contribution is -0.388. The Balaban J connectivity index is 3.27. The van der Waals surface area contributed by atoms with Crippen molar-refractivity contribution in [3.8, 4) is 0 Å². The van der Waals surface area contributed by atoms with Gasteiger partial charge in [-0.1, -0.05) is 0 Å². The first-order valence-corrected chi connectivity index (χ1v) is 3.81. The van der Waals surface area contributed by atoms with Crippen LogP contribution in [-0.4, -0.2) is 24.0 Å². The molecule has 0 spiro atoms. The molecule has 0 aliphatic rings. The molecular weight excluding hydrogens is 170 g/mol. The third-order valence-electron chi connectivity index (χ3n) is 1.65. The van der Waals surface area contributed by atoms with Crippen molar-refractivity contribution < 1.29 is 4.92 Å². The number of rotatable bonds is 2. The van der Waals surface area contributed by atoms with Crippen LogP contribution in [-0.2, 0) is 0 Å². The highest BCUT2D eigenvalue weighted by molar-refractivity contribution is 5.58. The van der Waals surface area contributed by atoms with Crippen LogP contribution in [0.25, 0.3) is 0 Å². The predicted octanol–water partition coefficient (Wildman–Crippen LogP) is 1.36. The van der Waals surface area contributed by atoms with Gasteiger partial charge >= 0.3 is 5.82 Å². The zero-order valence-corrected chi connectivity index (χ0v) is 7.81. The number of aromatic nitrogens is 1. The van der Waals surface area contributed by atoms with Crippen molar-refractivity contribution in [3.05, 3.63) is 27.9 Å². The highest BCUT2D eigenvalue weighted by Crippen LogP contribution is 2.23. The molecule has 0 bridgehead atoms. The van der Waals surface area contributed by atoms with Crippen molar-refractivity contribution >= 4 is 11.5 Å². The fourth-order valence-corrected chi connectivity index (χ4v) is 1.02. The van der Waals surface area contributed by atoms with Gasteiger partial charge in [0.15, 0.2) is 0 Å². The minimum atomic E-state index is -0.470. The summed E-state index contributed by atoms with van der Waals surface area (Å²) >= 11 is 0. The van der Waals surface area contributed by atoms with Gasteiger partial charge < -0.3 is 15.0 Å². The summed E-state index contributed by atoms with van der Waals surface area (Å²) in [7, 11) is 3.50. The molecule has 1 heterocycles. The van der Waals surface area contributed by atoms with Crippen LogP contribution >= 0.6 is 0 Å². The lowest BCUT2D eigenvalue weighted by atomic mass is 10.3. The van der Waals surface area contributed by atoms with E-state index in [1.54, 1.807) is 38.1 Å². The van der Waals surface area contributed by atoms with E-state index in [-0.39, 0.29) is 5.82 Å². The maximum absolute atomic E-state index is 10.6. The van der Waals surface area contributed by atoms with E-state index >= 15 is 0 Å².